The summed E-state index contributed by atoms with van der Waals surface area (Å²) in [5.74, 6) is -1.08. The molecule has 0 radical (unpaired) electrons. The van der Waals surface area contributed by atoms with Gasteiger partial charge in [-0.1, -0.05) is 11.3 Å². The van der Waals surface area contributed by atoms with Crippen molar-refractivity contribution in [3.63, 3.8) is 0 Å². The Morgan fingerprint density at radius 2 is 1.67 bits per heavy atom. The summed E-state index contributed by atoms with van der Waals surface area (Å²) in [4.78, 5) is 29.1. The molecule has 0 aliphatic carbocycles. The standard InChI is InChI=1S/C22H24N4O7S3/c1-33-20(27)10-13-26-18-9-8-17(35(23,29)30)14-19(18)34-22(26)24-21(28)15-4-6-16(7-5-15)36(31,32)25-11-2-3-12-25/h4-9,14H,2-3,10-13H2,1H3,(H2,23,29,30). The Bertz CT molecular complexity index is 1600. The summed E-state index contributed by atoms with van der Waals surface area (Å²) < 4.78 is 57.2. The number of aryl methyl sites for hydroxylation is 1. The van der Waals surface area contributed by atoms with Gasteiger partial charge in [-0.3, -0.25) is 9.59 Å². The summed E-state index contributed by atoms with van der Waals surface area (Å²) >= 11 is 1.06. The van der Waals surface area contributed by atoms with E-state index in [-0.39, 0.29) is 33.1 Å². The molecule has 1 aliphatic rings. The summed E-state index contributed by atoms with van der Waals surface area (Å²) in [5, 5.41) is 5.23. The van der Waals surface area contributed by atoms with Crippen molar-refractivity contribution < 1.29 is 31.2 Å². The lowest BCUT2D eigenvalue weighted by molar-refractivity contribution is -0.140. The number of hydrogen-bond acceptors (Lipinski definition) is 8. The molecule has 2 heterocycles. The van der Waals surface area contributed by atoms with Crippen LogP contribution in [0.5, 0.6) is 0 Å². The molecule has 36 heavy (non-hydrogen) atoms. The lowest BCUT2D eigenvalue weighted by Gasteiger charge is -2.15. The maximum absolute atomic E-state index is 12.9. The van der Waals surface area contributed by atoms with Gasteiger partial charge in [-0.2, -0.15) is 9.30 Å². The normalized spacial score (nSPS) is 15.4. The third-order valence-electron chi connectivity index (χ3n) is 5.75. The minimum Gasteiger partial charge on any atom is -0.469 e. The molecule has 1 fully saturated rings. The number of benzene rings is 2. The number of primary sulfonamides is 1. The zero-order valence-electron chi connectivity index (χ0n) is 19.3. The van der Waals surface area contributed by atoms with Gasteiger partial charge in [0.2, 0.25) is 20.0 Å². The number of nitrogens with two attached hydrogens (primary N) is 1. The average Bonchev–Trinajstić information content (AvgIpc) is 3.50. The van der Waals surface area contributed by atoms with E-state index in [4.69, 9.17) is 9.88 Å². The Morgan fingerprint density at radius 3 is 2.28 bits per heavy atom. The number of esters is 1. The molecular formula is C22H24N4O7S3. The smallest absolute Gasteiger partial charge is 0.307 e. The monoisotopic (exact) mass is 552 g/mol. The number of nitrogens with zero attached hydrogens (tertiary/aromatic N) is 3. The van der Waals surface area contributed by atoms with Gasteiger partial charge in [0.1, 0.15) is 0 Å². The largest absolute Gasteiger partial charge is 0.469 e. The summed E-state index contributed by atoms with van der Waals surface area (Å²) in [6.07, 6.45) is 1.64. The van der Waals surface area contributed by atoms with E-state index < -0.39 is 31.9 Å². The third kappa shape index (κ3) is 5.42. The minimum atomic E-state index is -3.94. The maximum Gasteiger partial charge on any atom is 0.307 e. The first-order valence-electron chi connectivity index (χ1n) is 10.9. The predicted molar refractivity (Wildman–Crippen MR) is 132 cm³/mol. The van der Waals surface area contributed by atoms with Crippen LogP contribution >= 0.6 is 11.3 Å². The molecule has 0 atom stereocenters. The van der Waals surface area contributed by atoms with Gasteiger partial charge in [-0.05, 0) is 55.3 Å². The molecule has 0 unspecified atom stereocenters. The Hall–Kier alpha value is -2.91. The van der Waals surface area contributed by atoms with Gasteiger partial charge in [0, 0.05) is 25.2 Å². The number of aromatic nitrogens is 1. The first-order valence-corrected chi connectivity index (χ1v) is 14.7. The highest BCUT2D eigenvalue weighted by Gasteiger charge is 2.27. The molecule has 192 valence electrons. The summed E-state index contributed by atoms with van der Waals surface area (Å²) in [5.41, 5.74) is 0.743. The molecule has 2 aromatic carbocycles. The van der Waals surface area contributed by atoms with Gasteiger partial charge < -0.3 is 9.30 Å². The highest BCUT2D eigenvalue weighted by molar-refractivity contribution is 7.89. The number of ether oxygens (including phenoxy) is 1. The molecule has 0 spiro atoms. The predicted octanol–water partition coefficient (Wildman–Crippen LogP) is 1.44. The number of carbonyl (C=O) groups is 2. The maximum atomic E-state index is 12.9. The van der Waals surface area contributed by atoms with Crippen molar-refractivity contribution in [1.29, 1.82) is 0 Å². The number of sulfonamides is 2. The van der Waals surface area contributed by atoms with Gasteiger partial charge in [0.25, 0.3) is 5.91 Å². The fourth-order valence-electron chi connectivity index (χ4n) is 3.84. The van der Waals surface area contributed by atoms with Crippen molar-refractivity contribution in [1.82, 2.24) is 8.87 Å². The van der Waals surface area contributed by atoms with E-state index in [9.17, 15) is 26.4 Å². The third-order valence-corrected chi connectivity index (χ3v) is 9.62. The topological polar surface area (TPSA) is 158 Å². The lowest BCUT2D eigenvalue weighted by atomic mass is 10.2. The fraction of sp³-hybridized carbons (Fsp3) is 0.318. The lowest BCUT2D eigenvalue weighted by Crippen LogP contribution is -2.27. The molecule has 1 amide bonds. The van der Waals surface area contributed by atoms with E-state index in [0.29, 0.717) is 23.3 Å². The van der Waals surface area contributed by atoms with Gasteiger partial charge >= 0.3 is 5.97 Å². The minimum absolute atomic E-state index is 0.00368. The summed E-state index contributed by atoms with van der Waals surface area (Å²) in [6.45, 7) is 1.09. The molecule has 14 heteroatoms. The second-order valence-corrected chi connectivity index (χ2v) is 12.6. The van der Waals surface area contributed by atoms with Crippen LogP contribution in [-0.2, 0) is 36.1 Å². The van der Waals surface area contributed by atoms with Crippen LogP contribution in [-0.4, -0.2) is 57.8 Å². The molecule has 2 N–H and O–H groups in total. The van der Waals surface area contributed by atoms with E-state index in [1.165, 1.54) is 53.9 Å². The van der Waals surface area contributed by atoms with E-state index in [0.717, 1.165) is 24.2 Å². The van der Waals surface area contributed by atoms with Crippen LogP contribution in [0.3, 0.4) is 0 Å². The molecule has 3 aromatic rings. The number of thiazole rings is 1. The van der Waals surface area contributed by atoms with E-state index in [1.807, 2.05) is 0 Å². The molecule has 1 aliphatic heterocycles. The van der Waals surface area contributed by atoms with Crippen molar-refractivity contribution >= 4 is 53.5 Å². The van der Waals surface area contributed by atoms with Gasteiger partial charge in [0.05, 0.1) is 33.5 Å². The van der Waals surface area contributed by atoms with Crippen LogP contribution in [0, 0.1) is 0 Å². The second kappa shape index (κ2) is 10.2. The van der Waals surface area contributed by atoms with Crippen molar-refractivity contribution in [2.24, 2.45) is 10.1 Å². The second-order valence-electron chi connectivity index (χ2n) is 8.09. The number of rotatable bonds is 7. The molecule has 4 rings (SSSR count). The van der Waals surface area contributed by atoms with Crippen LogP contribution in [0.15, 0.2) is 57.2 Å². The number of amides is 1. The number of fused-ring (bicyclic) bond motifs is 1. The van der Waals surface area contributed by atoms with Gasteiger partial charge in [0.15, 0.2) is 4.80 Å². The van der Waals surface area contributed by atoms with Gasteiger partial charge in [-0.15, -0.1) is 0 Å². The molecule has 0 bridgehead atoms. The Balaban J connectivity index is 1.71. The highest BCUT2D eigenvalue weighted by atomic mass is 32.2. The summed E-state index contributed by atoms with van der Waals surface area (Å²) in [6, 6.07) is 9.82. The van der Waals surface area contributed by atoms with Crippen molar-refractivity contribution in [3.8, 4) is 0 Å². The summed E-state index contributed by atoms with van der Waals surface area (Å²) in [7, 11) is -6.29. The first-order chi connectivity index (χ1) is 17.0. The fourth-order valence-corrected chi connectivity index (χ4v) is 7.06. The quantitative estimate of drug-likeness (QED) is 0.434. The van der Waals surface area contributed by atoms with Crippen molar-refractivity contribution in [2.75, 3.05) is 20.2 Å². The number of carbonyl (C=O) groups excluding carboxylic acids is 2. The molecular weight excluding hydrogens is 528 g/mol. The highest BCUT2D eigenvalue weighted by Crippen LogP contribution is 2.23. The van der Waals surface area contributed by atoms with Crippen LogP contribution in [0.4, 0.5) is 0 Å². The Labute approximate surface area is 211 Å². The number of methoxy groups -OCH3 is 1. The van der Waals surface area contributed by atoms with Crippen molar-refractivity contribution in [2.45, 2.75) is 35.6 Å². The molecule has 11 nitrogen and oxygen atoms in total. The zero-order chi connectivity index (χ0) is 26.1. The van der Waals surface area contributed by atoms with Crippen LogP contribution in [0.1, 0.15) is 29.6 Å². The van der Waals surface area contributed by atoms with Crippen LogP contribution < -0.4 is 9.94 Å². The number of hydrogen-bond donors (Lipinski definition) is 1. The first kappa shape index (κ1) is 26.2. The van der Waals surface area contributed by atoms with Gasteiger partial charge in [-0.25, -0.2) is 22.0 Å². The average molecular weight is 553 g/mol. The SMILES string of the molecule is COC(=O)CCn1c(=NC(=O)c2ccc(S(=O)(=O)N3CCCC3)cc2)sc2cc(S(N)(=O)=O)ccc21. The van der Waals surface area contributed by atoms with E-state index in [1.54, 1.807) is 4.57 Å². The van der Waals surface area contributed by atoms with Crippen molar-refractivity contribution in [3.05, 3.63) is 52.8 Å². The van der Waals surface area contributed by atoms with E-state index in [2.05, 4.69) is 4.99 Å². The zero-order valence-corrected chi connectivity index (χ0v) is 21.7. The Kier molecular flexibility index (Phi) is 7.43. The van der Waals surface area contributed by atoms with Crippen LogP contribution in [0.2, 0.25) is 0 Å². The Morgan fingerprint density at radius 1 is 1.03 bits per heavy atom. The van der Waals surface area contributed by atoms with Crippen LogP contribution in [0.25, 0.3) is 10.2 Å². The van der Waals surface area contributed by atoms with E-state index >= 15 is 0 Å². The molecule has 1 saturated heterocycles. The molecule has 0 saturated carbocycles. The molecule has 1 aromatic heterocycles.